The minimum atomic E-state index is -4.05. The maximum absolute atomic E-state index is 14.0. The molecule has 2 atom stereocenters. The summed E-state index contributed by atoms with van der Waals surface area (Å²) in [6, 6.07) is 6.48. The Morgan fingerprint density at radius 3 is 2.30 bits per heavy atom. The Kier molecular flexibility index (Phi) is 8.47. The molecule has 252 valence electrons. The molecule has 4 aromatic rings. The molecule has 1 aliphatic heterocycles. The first-order valence-corrected chi connectivity index (χ1v) is 18.4. The number of amides is 1. The Bertz CT molecular complexity index is 1930. The van der Waals surface area contributed by atoms with E-state index in [-0.39, 0.29) is 26.1 Å². The van der Waals surface area contributed by atoms with Gasteiger partial charge in [-0.2, -0.15) is 0 Å². The van der Waals surface area contributed by atoms with E-state index in [0.717, 1.165) is 0 Å². The molecule has 0 unspecified atom stereocenters. The van der Waals surface area contributed by atoms with Crippen molar-refractivity contribution in [3.05, 3.63) is 46.9 Å². The quantitative estimate of drug-likeness (QED) is 0.255. The smallest absolute Gasteiger partial charge is 0.0253 e. The number of hydrogen-bond acceptors (Lipinski definition) is 8. The standard InChI is InChI=1S/C31H36F3N7O4SSe/c1-17-14-39(15-18(2)41(17)29(42)45-30(3,4)5)22-13-21(46(43,44)38-31(6)11-12-31)16-40-24(27-36-37-28(47-27)25(33)34)23(35-26(22)40)19-7-9-20(32)10-8-19/h7-10,13,16-18,25,38H,11-12,14-15H2,1-6H3/t17-,18-/m0/s1. The minimum absolute atomic E-state index is 0.0478. The summed E-state index contributed by atoms with van der Waals surface area (Å²) in [5.74, 6) is -0.468. The number of pyridine rings is 1. The van der Waals surface area contributed by atoms with E-state index in [9.17, 15) is 26.4 Å². The second-order valence-electron chi connectivity index (χ2n) is 13.5. The molecule has 1 N–H and O–H groups in total. The van der Waals surface area contributed by atoms with Gasteiger partial charge < -0.3 is 0 Å². The molecule has 16 heteroatoms. The maximum atomic E-state index is 14.0. The van der Waals surface area contributed by atoms with E-state index in [4.69, 9.17) is 9.72 Å². The molecule has 1 amide bonds. The number of carbonyl (C=O) groups is 1. The Labute approximate surface area is 276 Å². The van der Waals surface area contributed by atoms with Gasteiger partial charge in [0.15, 0.2) is 0 Å². The van der Waals surface area contributed by atoms with Crippen LogP contribution in [0.4, 0.5) is 23.7 Å². The number of fused-ring (bicyclic) bond motifs is 1. The number of hydrogen-bond donors (Lipinski definition) is 1. The molecule has 1 saturated heterocycles. The zero-order valence-corrected chi connectivity index (χ0v) is 29.3. The Morgan fingerprint density at radius 2 is 1.74 bits per heavy atom. The number of halogens is 3. The van der Waals surface area contributed by atoms with Gasteiger partial charge in [0.1, 0.15) is 0 Å². The first-order valence-electron chi connectivity index (χ1n) is 15.2. The molecule has 0 spiro atoms. The van der Waals surface area contributed by atoms with Crippen molar-refractivity contribution in [2.75, 3.05) is 18.0 Å². The molecule has 4 heterocycles. The van der Waals surface area contributed by atoms with E-state index in [2.05, 4.69) is 14.9 Å². The summed E-state index contributed by atoms with van der Waals surface area (Å²) in [5.41, 5.74) is 0.681. The van der Waals surface area contributed by atoms with Crippen molar-refractivity contribution in [1.29, 1.82) is 0 Å². The van der Waals surface area contributed by atoms with E-state index >= 15 is 0 Å². The summed E-state index contributed by atoms with van der Waals surface area (Å²) in [4.78, 5) is 21.7. The Morgan fingerprint density at radius 1 is 1.11 bits per heavy atom. The molecular weight excluding hydrogens is 702 g/mol. The zero-order valence-electron chi connectivity index (χ0n) is 26.8. The van der Waals surface area contributed by atoms with Gasteiger partial charge in [-0.1, -0.05) is 0 Å². The number of nitrogens with one attached hydrogen (secondary N) is 1. The fourth-order valence-corrected chi connectivity index (χ4v) is 8.82. The van der Waals surface area contributed by atoms with E-state index in [1.165, 1.54) is 30.5 Å². The molecule has 3 aromatic heterocycles. The minimum Gasteiger partial charge on any atom is -0.0253 e. The number of ether oxygens (including phenoxy) is 1. The van der Waals surface area contributed by atoms with Crippen LogP contribution in [0.5, 0.6) is 0 Å². The van der Waals surface area contributed by atoms with Gasteiger partial charge in [0.2, 0.25) is 0 Å². The average molecular weight is 739 g/mol. The number of carbonyl (C=O) groups excluding carboxylic acids is 1. The van der Waals surface area contributed by atoms with Crippen molar-refractivity contribution in [2.24, 2.45) is 0 Å². The summed E-state index contributed by atoms with van der Waals surface area (Å²) < 4.78 is 78.9. The predicted molar refractivity (Wildman–Crippen MR) is 171 cm³/mol. The number of sulfonamides is 1. The van der Waals surface area contributed by atoms with Crippen LogP contribution in [-0.4, -0.2) is 89.8 Å². The molecule has 1 aliphatic carbocycles. The molecule has 1 aromatic carbocycles. The van der Waals surface area contributed by atoms with Crippen LogP contribution >= 0.6 is 0 Å². The molecular formula is C31H36F3N7O4SSe. The van der Waals surface area contributed by atoms with Crippen molar-refractivity contribution in [3.8, 4) is 21.5 Å². The second-order valence-corrected chi connectivity index (χ2v) is 17.3. The molecule has 11 nitrogen and oxygen atoms in total. The van der Waals surface area contributed by atoms with Gasteiger partial charge >= 0.3 is 257 Å². The number of aromatic nitrogens is 4. The van der Waals surface area contributed by atoms with Crippen molar-refractivity contribution in [2.45, 2.75) is 88.9 Å². The third-order valence-corrected chi connectivity index (χ3v) is 11.8. The Hall–Kier alpha value is -3.46. The SMILES string of the molecule is C[C@H]1CN(c2cc(S(=O)(=O)NC3(C)CC3)cn3c(-c4nnc(C(F)F)[se]4)c(-c4ccc(F)cc4)nc23)C[C@H](C)N1C(=O)OC(C)(C)C. The third-order valence-electron chi connectivity index (χ3n) is 8.18. The van der Waals surface area contributed by atoms with Gasteiger partial charge in [0.05, 0.1) is 0 Å². The van der Waals surface area contributed by atoms with Crippen LogP contribution in [0.1, 0.15) is 65.4 Å². The van der Waals surface area contributed by atoms with Crippen LogP contribution in [0, 0.1) is 5.82 Å². The number of rotatable bonds is 7. The van der Waals surface area contributed by atoms with E-state index in [0.29, 0.717) is 54.2 Å². The van der Waals surface area contributed by atoms with Crippen molar-refractivity contribution in [1.82, 2.24) is 29.2 Å². The fraction of sp³-hybridized carbons (Fsp3) is 0.484. The molecule has 47 heavy (non-hydrogen) atoms. The van der Waals surface area contributed by atoms with Gasteiger partial charge in [0.25, 0.3) is 0 Å². The van der Waals surface area contributed by atoms with Crippen LogP contribution in [-0.2, 0) is 14.8 Å². The summed E-state index contributed by atoms with van der Waals surface area (Å²) in [6.07, 6.45) is -0.435. The second kappa shape index (κ2) is 11.9. The van der Waals surface area contributed by atoms with Crippen molar-refractivity contribution >= 4 is 42.0 Å². The monoisotopic (exact) mass is 739 g/mol. The average Bonchev–Trinajstić information content (AvgIpc) is 3.33. The number of imidazole rings is 1. The number of anilines is 1. The van der Waals surface area contributed by atoms with Crippen LogP contribution in [0.2, 0.25) is 0 Å². The number of piperazine rings is 1. The zero-order chi connectivity index (χ0) is 34.1. The first kappa shape index (κ1) is 33.4. The first-order chi connectivity index (χ1) is 21.9. The van der Waals surface area contributed by atoms with Crippen LogP contribution < -0.4 is 9.62 Å². The summed E-state index contributed by atoms with van der Waals surface area (Å²) in [7, 11) is -4.05. The number of alkyl halides is 2. The molecule has 2 fully saturated rings. The van der Waals surface area contributed by atoms with Gasteiger partial charge in [-0.05, 0) is 20.8 Å². The molecule has 0 bridgehead atoms. The fourth-order valence-electron chi connectivity index (χ4n) is 5.78. The summed E-state index contributed by atoms with van der Waals surface area (Å²) in [6.45, 7) is 11.7. The van der Waals surface area contributed by atoms with Crippen LogP contribution in [0.15, 0.2) is 41.4 Å². The van der Waals surface area contributed by atoms with E-state index in [1.807, 2.05) is 25.7 Å². The van der Waals surface area contributed by atoms with Gasteiger partial charge in [0, 0.05) is 0 Å². The molecule has 6 rings (SSSR count). The van der Waals surface area contributed by atoms with Gasteiger partial charge in [-0.25, -0.2) is 0 Å². The van der Waals surface area contributed by atoms with E-state index in [1.54, 1.807) is 36.1 Å². The van der Waals surface area contributed by atoms with Crippen LogP contribution in [0.25, 0.3) is 27.2 Å². The molecule has 1 saturated carbocycles. The number of benzene rings is 1. The third kappa shape index (κ3) is 6.78. The van der Waals surface area contributed by atoms with Gasteiger partial charge in [-0.15, -0.1) is 0 Å². The normalized spacial score (nSPS) is 19.9. The number of nitrogens with zero attached hydrogens (tertiary/aromatic N) is 6. The van der Waals surface area contributed by atoms with Crippen LogP contribution in [0.3, 0.4) is 0 Å². The predicted octanol–water partition coefficient (Wildman–Crippen LogP) is 5.26. The van der Waals surface area contributed by atoms with Crippen molar-refractivity contribution < 1.29 is 31.1 Å². The van der Waals surface area contributed by atoms with E-state index < -0.39 is 54.0 Å². The van der Waals surface area contributed by atoms with Gasteiger partial charge in [-0.3, -0.25) is 0 Å². The molecule has 2 aliphatic rings. The molecule has 0 radical (unpaired) electrons. The Balaban J connectivity index is 1.55. The summed E-state index contributed by atoms with van der Waals surface area (Å²) in [5, 5.41) is 7.83. The summed E-state index contributed by atoms with van der Waals surface area (Å²) >= 11 is -0.976. The topological polar surface area (TPSA) is 122 Å². The van der Waals surface area contributed by atoms with Crippen molar-refractivity contribution in [3.63, 3.8) is 0 Å².